The first-order valence-corrected chi connectivity index (χ1v) is 11.4. The number of carbonyl (C=O) groups is 1. The molecule has 0 bridgehead atoms. The molecule has 2 heterocycles. The maximum absolute atomic E-state index is 14.5. The number of alkyl halides is 5. The number of rotatable bonds is 8. The highest BCUT2D eigenvalue weighted by atomic mass is 19.4. The second-order valence-electron chi connectivity index (χ2n) is 8.80. The molecule has 0 spiro atoms. The lowest BCUT2D eigenvalue weighted by atomic mass is 9.87. The quantitative estimate of drug-likeness (QED) is 0.344. The first kappa shape index (κ1) is 27.9. The summed E-state index contributed by atoms with van der Waals surface area (Å²) in [7, 11) is 3.08. The Labute approximate surface area is 211 Å². The third kappa shape index (κ3) is 6.75. The number of ether oxygens (including phenoxy) is 1. The minimum Gasteiger partial charge on any atom is -0.497 e. The summed E-state index contributed by atoms with van der Waals surface area (Å²) in [5, 5.41) is 14.2. The standard InChI is InChI=1S/C25H28F5N5O2/c1-15-10-24(26,27)14-35(20(15)13-34-21-9-6-17(11-33-21)25(28,29)30)23(36)22(31)19(12-32-2)16-4-7-18(37-3)8-5-16/h4-9,11-12,15,20,31-32H,10,13-14H2,1-3H3,(H,33,34)/b19-12-,31-22?. The fourth-order valence-electron chi connectivity index (χ4n) is 4.23. The predicted molar refractivity (Wildman–Crippen MR) is 130 cm³/mol. The Morgan fingerprint density at radius 3 is 2.46 bits per heavy atom. The molecule has 37 heavy (non-hydrogen) atoms. The minimum atomic E-state index is -4.54. The zero-order valence-electron chi connectivity index (χ0n) is 20.5. The van der Waals surface area contributed by atoms with E-state index in [1.165, 1.54) is 13.3 Å². The van der Waals surface area contributed by atoms with E-state index in [0.717, 1.165) is 17.0 Å². The van der Waals surface area contributed by atoms with Gasteiger partial charge in [-0.15, -0.1) is 0 Å². The number of methoxy groups -OCH3 is 1. The second-order valence-corrected chi connectivity index (χ2v) is 8.80. The number of anilines is 1. The Kier molecular flexibility index (Phi) is 8.39. The lowest BCUT2D eigenvalue weighted by Crippen LogP contribution is -2.58. The van der Waals surface area contributed by atoms with E-state index < -0.39 is 54.2 Å². The number of piperidine rings is 1. The Morgan fingerprint density at radius 1 is 1.24 bits per heavy atom. The van der Waals surface area contributed by atoms with Gasteiger partial charge in [0.05, 0.1) is 25.3 Å². The number of amides is 1. The lowest BCUT2D eigenvalue weighted by molar-refractivity contribution is -0.145. The summed E-state index contributed by atoms with van der Waals surface area (Å²) >= 11 is 0. The molecule has 1 aromatic heterocycles. The van der Waals surface area contributed by atoms with E-state index in [0.29, 0.717) is 17.5 Å². The highest BCUT2D eigenvalue weighted by Crippen LogP contribution is 2.35. The molecule has 0 radical (unpaired) electrons. The zero-order valence-corrected chi connectivity index (χ0v) is 20.5. The van der Waals surface area contributed by atoms with Crippen molar-refractivity contribution in [3.05, 3.63) is 59.9 Å². The van der Waals surface area contributed by atoms with Crippen molar-refractivity contribution in [1.82, 2.24) is 15.2 Å². The van der Waals surface area contributed by atoms with E-state index >= 15 is 0 Å². The highest BCUT2D eigenvalue weighted by Gasteiger charge is 2.46. The highest BCUT2D eigenvalue weighted by molar-refractivity contribution is 6.54. The molecule has 0 aliphatic carbocycles. The molecule has 7 nitrogen and oxygen atoms in total. The van der Waals surface area contributed by atoms with Crippen molar-refractivity contribution in [2.45, 2.75) is 31.5 Å². The van der Waals surface area contributed by atoms with E-state index in [2.05, 4.69) is 15.6 Å². The van der Waals surface area contributed by atoms with Gasteiger partial charge in [0.25, 0.3) is 11.8 Å². The summed E-state index contributed by atoms with van der Waals surface area (Å²) in [6.07, 6.45) is -2.91. The van der Waals surface area contributed by atoms with Crippen LogP contribution < -0.4 is 15.4 Å². The van der Waals surface area contributed by atoms with Gasteiger partial charge in [0, 0.05) is 38.0 Å². The topological polar surface area (TPSA) is 90.3 Å². The summed E-state index contributed by atoms with van der Waals surface area (Å²) < 4.78 is 72.6. The van der Waals surface area contributed by atoms with Crippen LogP contribution in [0.3, 0.4) is 0 Å². The Balaban J connectivity index is 1.84. The third-order valence-corrected chi connectivity index (χ3v) is 6.10. The monoisotopic (exact) mass is 525 g/mol. The van der Waals surface area contributed by atoms with Crippen molar-refractivity contribution in [2.75, 3.05) is 32.6 Å². The Bertz CT molecular complexity index is 1130. The molecule has 1 aliphatic heterocycles. The van der Waals surface area contributed by atoms with Gasteiger partial charge >= 0.3 is 6.18 Å². The van der Waals surface area contributed by atoms with Crippen LogP contribution in [0.5, 0.6) is 5.75 Å². The van der Waals surface area contributed by atoms with E-state index in [1.54, 1.807) is 38.2 Å². The van der Waals surface area contributed by atoms with Crippen LogP contribution in [0.25, 0.3) is 5.57 Å². The molecule has 1 fully saturated rings. The summed E-state index contributed by atoms with van der Waals surface area (Å²) in [6, 6.07) is 7.82. The van der Waals surface area contributed by atoms with Gasteiger partial charge in [-0.3, -0.25) is 10.2 Å². The number of hydrogen-bond donors (Lipinski definition) is 3. The van der Waals surface area contributed by atoms with Gasteiger partial charge in [0.1, 0.15) is 17.3 Å². The number of hydrogen-bond acceptors (Lipinski definition) is 6. The van der Waals surface area contributed by atoms with Crippen molar-refractivity contribution in [2.24, 2.45) is 5.92 Å². The molecule has 2 atom stereocenters. The average molecular weight is 526 g/mol. The smallest absolute Gasteiger partial charge is 0.417 e. The number of nitrogens with one attached hydrogen (secondary N) is 3. The molecule has 1 aromatic carbocycles. The van der Waals surface area contributed by atoms with Gasteiger partial charge in [-0.25, -0.2) is 13.8 Å². The maximum atomic E-state index is 14.5. The van der Waals surface area contributed by atoms with Crippen molar-refractivity contribution in [1.29, 1.82) is 5.41 Å². The lowest BCUT2D eigenvalue weighted by Gasteiger charge is -2.43. The second kappa shape index (κ2) is 11.1. The molecule has 2 unspecified atom stereocenters. The normalized spacial score (nSPS) is 19.8. The van der Waals surface area contributed by atoms with E-state index in [-0.39, 0.29) is 17.9 Å². The number of carbonyl (C=O) groups excluding carboxylic acids is 1. The fraction of sp³-hybridized carbons (Fsp3) is 0.400. The van der Waals surface area contributed by atoms with Crippen molar-refractivity contribution >= 4 is 23.0 Å². The molecule has 200 valence electrons. The minimum absolute atomic E-state index is 0.0394. The van der Waals surface area contributed by atoms with Crippen LogP contribution in [-0.2, 0) is 11.0 Å². The first-order chi connectivity index (χ1) is 17.4. The number of halogens is 5. The third-order valence-electron chi connectivity index (χ3n) is 6.10. The van der Waals surface area contributed by atoms with Crippen LogP contribution in [0.1, 0.15) is 24.5 Å². The van der Waals surface area contributed by atoms with Crippen LogP contribution in [0.15, 0.2) is 48.8 Å². The van der Waals surface area contributed by atoms with Gasteiger partial charge in [-0.05, 0) is 35.7 Å². The van der Waals surface area contributed by atoms with Crippen LogP contribution in [0.4, 0.5) is 27.8 Å². The predicted octanol–water partition coefficient (Wildman–Crippen LogP) is 4.67. The van der Waals surface area contributed by atoms with Crippen LogP contribution in [-0.4, -0.2) is 60.7 Å². The van der Waals surface area contributed by atoms with Crippen LogP contribution >= 0.6 is 0 Å². The van der Waals surface area contributed by atoms with Gasteiger partial charge in [0.15, 0.2) is 0 Å². The molecule has 1 saturated heterocycles. The van der Waals surface area contributed by atoms with Crippen LogP contribution in [0.2, 0.25) is 0 Å². The number of aromatic nitrogens is 1. The maximum Gasteiger partial charge on any atom is 0.417 e. The molecule has 12 heteroatoms. The van der Waals surface area contributed by atoms with Crippen molar-refractivity contribution in [3.8, 4) is 5.75 Å². The summed E-state index contributed by atoms with van der Waals surface area (Å²) in [6.45, 7) is 0.639. The number of likely N-dealkylation sites (tertiary alicyclic amines) is 1. The Hall–Kier alpha value is -3.70. The molecule has 2 aromatic rings. The van der Waals surface area contributed by atoms with Gasteiger partial charge in [-0.2, -0.15) is 13.2 Å². The zero-order chi connectivity index (χ0) is 27.4. The molecule has 0 saturated carbocycles. The van der Waals surface area contributed by atoms with E-state index in [4.69, 9.17) is 10.1 Å². The van der Waals surface area contributed by atoms with Gasteiger partial charge < -0.3 is 20.3 Å². The number of nitrogens with zero attached hydrogens (tertiary/aromatic N) is 2. The van der Waals surface area contributed by atoms with E-state index in [9.17, 15) is 26.7 Å². The molecule has 3 N–H and O–H groups in total. The fourth-order valence-corrected chi connectivity index (χ4v) is 4.23. The average Bonchev–Trinajstić information content (AvgIpc) is 2.85. The largest absolute Gasteiger partial charge is 0.497 e. The van der Waals surface area contributed by atoms with Crippen molar-refractivity contribution < 1.29 is 31.5 Å². The molecular weight excluding hydrogens is 497 g/mol. The number of benzene rings is 1. The molecule has 1 aliphatic rings. The Morgan fingerprint density at radius 2 is 1.92 bits per heavy atom. The molecule has 1 amide bonds. The van der Waals surface area contributed by atoms with Gasteiger partial charge in [0.2, 0.25) is 0 Å². The summed E-state index contributed by atoms with van der Waals surface area (Å²) in [5.74, 6) is -4.05. The number of pyridine rings is 1. The van der Waals surface area contributed by atoms with Gasteiger partial charge in [-0.1, -0.05) is 19.1 Å². The first-order valence-electron chi connectivity index (χ1n) is 11.4. The SMILES string of the molecule is CN/C=C(\C(=N)C(=O)N1CC(F)(F)CC(C)C1CNc1ccc(C(F)(F)F)cn1)c1ccc(OC)cc1. The van der Waals surface area contributed by atoms with E-state index in [1.807, 2.05) is 0 Å². The molecule has 3 rings (SSSR count). The summed E-state index contributed by atoms with van der Waals surface area (Å²) in [4.78, 5) is 18.1. The molecular formula is C25H28F5N5O2. The van der Waals surface area contributed by atoms with Crippen LogP contribution in [0, 0.1) is 11.3 Å². The van der Waals surface area contributed by atoms with Crippen molar-refractivity contribution in [3.63, 3.8) is 0 Å². The summed E-state index contributed by atoms with van der Waals surface area (Å²) in [5.41, 5.74) is -0.694.